The van der Waals surface area contributed by atoms with Crippen molar-refractivity contribution in [3.05, 3.63) is 46.3 Å². The van der Waals surface area contributed by atoms with Crippen LogP contribution in [-0.2, 0) is 20.9 Å². The van der Waals surface area contributed by atoms with Crippen LogP contribution in [0.2, 0.25) is 11.4 Å². The van der Waals surface area contributed by atoms with Crippen LogP contribution in [0, 0.1) is 0 Å². The Morgan fingerprint density at radius 1 is 1.22 bits per heavy atom. The maximum atomic E-state index is 11.8. The third-order valence-electron chi connectivity index (χ3n) is 2.20. The molecule has 18 heavy (non-hydrogen) atoms. The molecule has 0 aliphatic carbocycles. The Morgan fingerprint density at radius 2 is 1.83 bits per heavy atom. The average Bonchev–Trinajstić information content (AvgIpc) is 2.34. The minimum atomic E-state index is -1.19. The molecule has 0 unspecified atom stereocenters. The number of hydrogen-bond donors (Lipinski definition) is 0. The Morgan fingerprint density at radius 3 is 2.33 bits per heavy atom. The van der Waals surface area contributed by atoms with Gasteiger partial charge in [0.15, 0.2) is 0 Å². The molecule has 3 nitrogen and oxygen atoms in total. The summed E-state index contributed by atoms with van der Waals surface area (Å²) in [6, 6.07) is 9.42. The van der Waals surface area contributed by atoms with Crippen LogP contribution in [0.4, 0.5) is 0 Å². The molecule has 0 aliphatic heterocycles. The van der Waals surface area contributed by atoms with E-state index in [9.17, 15) is 9.59 Å². The monoisotopic (exact) mass is 308 g/mol. The van der Waals surface area contributed by atoms with Crippen molar-refractivity contribution in [3.63, 3.8) is 0 Å². The molecule has 1 aromatic rings. The SMILES string of the molecule is CC(=O)/C(=C/[As](C)C)C(=O)OCc1ccccc1. The van der Waals surface area contributed by atoms with E-state index in [2.05, 4.69) is 11.4 Å². The Labute approximate surface area is 112 Å². The Bertz CT molecular complexity index is 449. The van der Waals surface area contributed by atoms with Crippen LogP contribution in [0.1, 0.15) is 12.5 Å². The van der Waals surface area contributed by atoms with Crippen molar-refractivity contribution >= 4 is 26.4 Å². The van der Waals surface area contributed by atoms with E-state index in [4.69, 9.17) is 4.74 Å². The van der Waals surface area contributed by atoms with E-state index in [1.54, 1.807) is 4.86 Å². The van der Waals surface area contributed by atoms with Gasteiger partial charge in [0.1, 0.15) is 0 Å². The van der Waals surface area contributed by atoms with Gasteiger partial charge in [-0.05, 0) is 0 Å². The summed E-state index contributed by atoms with van der Waals surface area (Å²) in [4.78, 5) is 25.0. The summed E-state index contributed by atoms with van der Waals surface area (Å²) in [5, 5.41) is 0. The van der Waals surface area contributed by atoms with Gasteiger partial charge in [-0.25, -0.2) is 0 Å². The van der Waals surface area contributed by atoms with Crippen molar-refractivity contribution < 1.29 is 14.3 Å². The van der Waals surface area contributed by atoms with Crippen LogP contribution in [0.3, 0.4) is 0 Å². The fraction of sp³-hybridized carbons (Fsp3) is 0.286. The summed E-state index contributed by atoms with van der Waals surface area (Å²) in [5.41, 5.74) is 5.22. The van der Waals surface area contributed by atoms with Gasteiger partial charge >= 0.3 is 112 Å². The molecule has 0 atom stereocenters. The van der Waals surface area contributed by atoms with Crippen molar-refractivity contribution in [3.8, 4) is 0 Å². The molecule has 0 fully saturated rings. The Hall–Kier alpha value is -1.34. The molecule has 0 radical (unpaired) electrons. The summed E-state index contributed by atoms with van der Waals surface area (Å²) < 4.78 is 5.15. The molecule has 96 valence electrons. The van der Waals surface area contributed by atoms with Crippen molar-refractivity contribution in [2.24, 2.45) is 0 Å². The zero-order chi connectivity index (χ0) is 13.5. The van der Waals surface area contributed by atoms with Crippen LogP contribution in [0.25, 0.3) is 0 Å². The summed E-state index contributed by atoms with van der Waals surface area (Å²) in [6.07, 6.45) is 0. The molecule has 0 N–H and O–H groups in total. The second kappa shape index (κ2) is 7.17. The number of Topliss-reactive ketones (excluding diaryl/α,β-unsaturated/α-hetero) is 1. The molecular formula is C14H17AsO3. The fourth-order valence-electron chi connectivity index (χ4n) is 1.35. The summed E-state index contributed by atoms with van der Waals surface area (Å²) >= 11 is -1.19. The molecule has 0 spiro atoms. The maximum absolute atomic E-state index is 11.8. The standard InChI is InChI=1S/C14H17AsO3/c1-11(16)13(9-15(2)3)14(17)18-10-12-7-5-4-6-8-12/h4-9H,10H2,1-3H3/b13-9-. The first-order valence-electron chi connectivity index (χ1n) is 5.61. The third kappa shape index (κ3) is 4.89. The first kappa shape index (κ1) is 14.7. The quantitative estimate of drug-likeness (QED) is 0.276. The number of carbonyl (C=O) groups is 2. The molecule has 1 aromatic carbocycles. The number of ether oxygens (including phenoxy) is 1. The van der Waals surface area contributed by atoms with Crippen LogP contribution in [-0.4, -0.2) is 26.4 Å². The summed E-state index contributed by atoms with van der Waals surface area (Å²) in [5.74, 6) is -0.745. The Balaban J connectivity index is 2.66. The van der Waals surface area contributed by atoms with E-state index in [-0.39, 0.29) is 18.0 Å². The van der Waals surface area contributed by atoms with Crippen molar-refractivity contribution in [1.82, 2.24) is 0 Å². The van der Waals surface area contributed by atoms with Gasteiger partial charge in [-0.3, -0.25) is 0 Å². The van der Waals surface area contributed by atoms with Crippen molar-refractivity contribution in [2.75, 3.05) is 0 Å². The van der Waals surface area contributed by atoms with Crippen LogP contribution < -0.4 is 0 Å². The van der Waals surface area contributed by atoms with Gasteiger partial charge in [0, 0.05) is 0 Å². The van der Waals surface area contributed by atoms with Gasteiger partial charge in [-0.2, -0.15) is 0 Å². The molecule has 0 amide bonds. The molecule has 0 aromatic heterocycles. The number of rotatable bonds is 5. The zero-order valence-electron chi connectivity index (χ0n) is 10.8. The van der Waals surface area contributed by atoms with Crippen LogP contribution in [0.15, 0.2) is 40.8 Å². The normalized spacial score (nSPS) is 11.4. The third-order valence-corrected chi connectivity index (χ3v) is 3.82. The van der Waals surface area contributed by atoms with Gasteiger partial charge in [-0.1, -0.05) is 0 Å². The molecule has 0 saturated carbocycles. The van der Waals surface area contributed by atoms with E-state index in [1.807, 2.05) is 30.3 Å². The molecule has 0 saturated heterocycles. The number of carbonyl (C=O) groups excluding carboxylic acids is 2. The average molecular weight is 308 g/mol. The predicted octanol–water partition coefficient (Wildman–Crippen LogP) is 2.54. The number of benzene rings is 1. The van der Waals surface area contributed by atoms with Crippen molar-refractivity contribution in [2.45, 2.75) is 25.0 Å². The molecular weight excluding hydrogens is 291 g/mol. The van der Waals surface area contributed by atoms with Gasteiger partial charge in [-0.15, -0.1) is 0 Å². The second-order valence-electron chi connectivity index (χ2n) is 4.12. The van der Waals surface area contributed by atoms with E-state index in [0.29, 0.717) is 0 Å². The Kier molecular flexibility index (Phi) is 5.86. The number of esters is 1. The van der Waals surface area contributed by atoms with Crippen molar-refractivity contribution in [1.29, 1.82) is 0 Å². The van der Waals surface area contributed by atoms with Gasteiger partial charge in [0.25, 0.3) is 0 Å². The summed E-state index contributed by atoms with van der Waals surface area (Å²) in [6.45, 7) is 1.60. The topological polar surface area (TPSA) is 43.4 Å². The molecule has 4 heteroatoms. The minimum absolute atomic E-state index is 0.191. The van der Waals surface area contributed by atoms with Gasteiger partial charge in [0.2, 0.25) is 0 Å². The fourth-order valence-corrected chi connectivity index (χ4v) is 3.03. The van der Waals surface area contributed by atoms with E-state index < -0.39 is 20.6 Å². The molecule has 0 bridgehead atoms. The molecule has 1 rings (SSSR count). The van der Waals surface area contributed by atoms with E-state index in [0.717, 1.165) is 5.56 Å². The predicted molar refractivity (Wildman–Crippen MR) is 72.5 cm³/mol. The zero-order valence-corrected chi connectivity index (χ0v) is 12.7. The second-order valence-corrected chi connectivity index (χ2v) is 8.71. The van der Waals surface area contributed by atoms with Crippen LogP contribution in [0.5, 0.6) is 0 Å². The van der Waals surface area contributed by atoms with E-state index in [1.165, 1.54) is 6.92 Å². The molecule has 0 aliphatic rings. The first-order valence-corrected chi connectivity index (χ1v) is 10.4. The van der Waals surface area contributed by atoms with Gasteiger partial charge < -0.3 is 0 Å². The van der Waals surface area contributed by atoms with Crippen LogP contribution >= 0.6 is 0 Å². The number of hydrogen-bond acceptors (Lipinski definition) is 3. The van der Waals surface area contributed by atoms with Gasteiger partial charge in [0.05, 0.1) is 0 Å². The number of ketones is 1. The molecule has 0 heterocycles. The first-order chi connectivity index (χ1) is 8.50. The van der Waals surface area contributed by atoms with E-state index >= 15 is 0 Å². The summed E-state index contributed by atoms with van der Waals surface area (Å²) in [7, 11) is 0.